The molecule has 0 aliphatic heterocycles. The van der Waals surface area contributed by atoms with Gasteiger partial charge in [-0.2, -0.15) is 0 Å². The number of anilines is 1. The number of hydrogen-bond donors (Lipinski definition) is 0. The van der Waals surface area contributed by atoms with Gasteiger partial charge in [-0.15, -0.1) is 0 Å². The third-order valence-corrected chi connectivity index (χ3v) is 6.43. The molecule has 0 saturated carbocycles. The molecule has 0 bridgehead atoms. The maximum Gasteiger partial charge on any atom is 0.264 e. The van der Waals surface area contributed by atoms with Gasteiger partial charge in [-0.05, 0) is 42.8 Å². The van der Waals surface area contributed by atoms with Crippen LogP contribution in [0.3, 0.4) is 0 Å². The number of methoxy groups -OCH3 is 1. The van der Waals surface area contributed by atoms with Crippen molar-refractivity contribution in [1.29, 1.82) is 0 Å². The average Bonchev–Trinajstić information content (AvgIpc) is 2.77. The van der Waals surface area contributed by atoms with Crippen LogP contribution in [0, 0.1) is 6.92 Å². The van der Waals surface area contributed by atoms with Crippen molar-refractivity contribution < 1.29 is 17.9 Å². The van der Waals surface area contributed by atoms with E-state index in [4.69, 9.17) is 4.74 Å². The molecule has 3 aromatic rings. The van der Waals surface area contributed by atoms with Crippen LogP contribution in [-0.4, -0.2) is 28.4 Å². The van der Waals surface area contributed by atoms with Gasteiger partial charge in [0.15, 0.2) is 6.29 Å². The van der Waals surface area contributed by atoms with Crippen LogP contribution in [0.15, 0.2) is 83.8 Å². The summed E-state index contributed by atoms with van der Waals surface area (Å²) in [6.45, 7) is 2.01. The van der Waals surface area contributed by atoms with Crippen molar-refractivity contribution >= 4 is 28.1 Å². The molecule has 0 saturated heterocycles. The number of ether oxygens (including phenoxy) is 1. The molecule has 0 fully saturated rings. The first-order valence-electron chi connectivity index (χ1n) is 9.40. The third kappa shape index (κ3) is 4.78. The predicted octanol–water partition coefficient (Wildman–Crippen LogP) is 4.72. The quantitative estimate of drug-likeness (QED) is 0.494. The maximum atomic E-state index is 13.4. The normalized spacial score (nSPS) is 11.4. The van der Waals surface area contributed by atoms with E-state index in [9.17, 15) is 13.2 Å². The third-order valence-electron chi connectivity index (χ3n) is 4.62. The highest BCUT2D eigenvalue weighted by molar-refractivity contribution is 7.92. The summed E-state index contributed by atoms with van der Waals surface area (Å²) in [6, 6.07) is 21.1. The molecule has 0 aromatic heterocycles. The number of benzene rings is 3. The van der Waals surface area contributed by atoms with E-state index in [1.807, 2.05) is 43.3 Å². The zero-order chi connectivity index (χ0) is 21.6. The van der Waals surface area contributed by atoms with Gasteiger partial charge >= 0.3 is 0 Å². The lowest BCUT2D eigenvalue weighted by Crippen LogP contribution is -2.31. The molecule has 0 atom stereocenters. The summed E-state index contributed by atoms with van der Waals surface area (Å²) in [5, 5.41) is 0. The van der Waals surface area contributed by atoms with Crippen molar-refractivity contribution in [2.24, 2.45) is 0 Å². The van der Waals surface area contributed by atoms with Crippen LogP contribution in [-0.2, 0) is 10.0 Å². The largest absolute Gasteiger partial charge is 0.496 e. The Labute approximate surface area is 177 Å². The molecule has 0 unspecified atom stereocenters. The minimum atomic E-state index is -3.84. The first kappa shape index (κ1) is 21.3. The fraction of sp³-hybridized carbons (Fsp3) is 0.125. The fourth-order valence-corrected chi connectivity index (χ4v) is 4.41. The van der Waals surface area contributed by atoms with Crippen molar-refractivity contribution in [3.8, 4) is 5.75 Å². The van der Waals surface area contributed by atoms with Crippen molar-refractivity contribution in [1.82, 2.24) is 0 Å². The maximum absolute atomic E-state index is 13.4. The first-order chi connectivity index (χ1) is 14.5. The first-order valence-corrected chi connectivity index (χ1v) is 10.8. The lowest BCUT2D eigenvalue weighted by atomic mass is 10.2. The molecule has 0 N–H and O–H groups in total. The van der Waals surface area contributed by atoms with Gasteiger partial charge in [0.1, 0.15) is 5.75 Å². The summed E-state index contributed by atoms with van der Waals surface area (Å²) in [4.78, 5) is 11.6. The highest BCUT2D eigenvalue weighted by Crippen LogP contribution is 2.28. The van der Waals surface area contributed by atoms with Gasteiger partial charge in [-0.25, -0.2) is 8.42 Å². The summed E-state index contributed by atoms with van der Waals surface area (Å²) in [6.07, 6.45) is 4.30. The molecule has 6 heteroatoms. The highest BCUT2D eigenvalue weighted by atomic mass is 32.2. The van der Waals surface area contributed by atoms with Crippen molar-refractivity contribution in [2.75, 3.05) is 18.0 Å². The highest BCUT2D eigenvalue weighted by Gasteiger charge is 2.24. The summed E-state index contributed by atoms with van der Waals surface area (Å²) in [5.74, 6) is 0.390. The Hall–Kier alpha value is -3.38. The molecule has 0 spiro atoms. The molecule has 0 heterocycles. The van der Waals surface area contributed by atoms with Crippen LogP contribution in [0.4, 0.5) is 5.69 Å². The van der Waals surface area contributed by atoms with Gasteiger partial charge in [-0.3, -0.25) is 9.10 Å². The van der Waals surface area contributed by atoms with Gasteiger partial charge in [0.2, 0.25) is 0 Å². The fourth-order valence-electron chi connectivity index (χ4n) is 3.00. The number of hydrogen-bond acceptors (Lipinski definition) is 4. The number of aryl methyl sites for hydroxylation is 1. The Balaban J connectivity index is 2.03. The Morgan fingerprint density at radius 2 is 1.67 bits per heavy atom. The zero-order valence-corrected chi connectivity index (χ0v) is 17.7. The Kier molecular flexibility index (Phi) is 6.69. The Bertz CT molecular complexity index is 1140. The lowest BCUT2D eigenvalue weighted by molar-refractivity contribution is 0.112. The number of carbonyl (C=O) groups is 1. The van der Waals surface area contributed by atoms with E-state index in [1.54, 1.807) is 42.5 Å². The van der Waals surface area contributed by atoms with Crippen LogP contribution >= 0.6 is 0 Å². The molecule has 3 aromatic carbocycles. The second-order valence-electron chi connectivity index (χ2n) is 6.71. The van der Waals surface area contributed by atoms with Crippen LogP contribution in [0.2, 0.25) is 0 Å². The summed E-state index contributed by atoms with van der Waals surface area (Å²) in [7, 11) is -2.38. The van der Waals surface area contributed by atoms with Gasteiger partial charge < -0.3 is 4.74 Å². The van der Waals surface area contributed by atoms with Crippen LogP contribution in [0.1, 0.15) is 21.5 Å². The number of carbonyl (C=O) groups excluding carboxylic acids is 1. The monoisotopic (exact) mass is 421 g/mol. The summed E-state index contributed by atoms with van der Waals surface area (Å²) >= 11 is 0. The molecular formula is C24H23NO4S. The number of aldehydes is 1. The second-order valence-corrected chi connectivity index (χ2v) is 8.57. The SMILES string of the molecule is COc1ccc(N(CC=Cc2ccccc2)S(=O)(=O)c2ccc(C)cc2)cc1C=O. The molecular weight excluding hydrogens is 398 g/mol. The van der Waals surface area contributed by atoms with Crippen molar-refractivity contribution in [3.63, 3.8) is 0 Å². The van der Waals surface area contributed by atoms with Crippen LogP contribution in [0.5, 0.6) is 5.75 Å². The van der Waals surface area contributed by atoms with Crippen molar-refractivity contribution in [2.45, 2.75) is 11.8 Å². The molecule has 0 aliphatic rings. The van der Waals surface area contributed by atoms with Gasteiger partial charge in [0.05, 0.1) is 29.8 Å². The predicted molar refractivity (Wildman–Crippen MR) is 120 cm³/mol. The van der Waals surface area contributed by atoms with Gasteiger partial charge in [0.25, 0.3) is 10.0 Å². The molecule has 0 aliphatic carbocycles. The number of sulfonamides is 1. The Morgan fingerprint density at radius 1 is 0.967 bits per heavy atom. The minimum Gasteiger partial charge on any atom is -0.496 e. The molecule has 5 nitrogen and oxygen atoms in total. The van der Waals surface area contributed by atoms with E-state index in [-0.39, 0.29) is 17.0 Å². The van der Waals surface area contributed by atoms with Crippen molar-refractivity contribution in [3.05, 3.63) is 95.6 Å². The molecule has 3 rings (SSSR count). The van der Waals surface area contributed by atoms with E-state index < -0.39 is 10.0 Å². The average molecular weight is 422 g/mol. The molecule has 154 valence electrons. The standard InChI is InChI=1S/C24H23NO4S/c1-19-10-13-23(14-11-19)30(27,28)25(16-6-9-20-7-4-3-5-8-20)22-12-15-24(29-2)21(17-22)18-26/h3-15,17-18H,16H2,1-2H3. The molecule has 0 amide bonds. The van der Waals surface area contributed by atoms with E-state index in [2.05, 4.69) is 0 Å². The zero-order valence-electron chi connectivity index (χ0n) is 16.9. The lowest BCUT2D eigenvalue weighted by Gasteiger charge is -2.24. The van der Waals surface area contributed by atoms with Crippen LogP contribution < -0.4 is 9.04 Å². The number of nitrogens with zero attached hydrogens (tertiary/aromatic N) is 1. The minimum absolute atomic E-state index is 0.107. The topological polar surface area (TPSA) is 63.7 Å². The summed E-state index contributed by atoms with van der Waals surface area (Å²) < 4.78 is 33.3. The van der Waals surface area contributed by atoms with E-state index in [0.29, 0.717) is 17.7 Å². The molecule has 0 radical (unpaired) electrons. The van der Waals surface area contributed by atoms with E-state index >= 15 is 0 Å². The summed E-state index contributed by atoms with van der Waals surface area (Å²) in [5.41, 5.74) is 2.60. The van der Waals surface area contributed by atoms with E-state index in [0.717, 1.165) is 11.1 Å². The molecule has 30 heavy (non-hydrogen) atoms. The van der Waals surface area contributed by atoms with Gasteiger partial charge in [0, 0.05) is 0 Å². The Morgan fingerprint density at radius 3 is 2.30 bits per heavy atom. The van der Waals surface area contributed by atoms with Crippen LogP contribution in [0.25, 0.3) is 6.08 Å². The number of rotatable bonds is 8. The van der Waals surface area contributed by atoms with Gasteiger partial charge in [-0.1, -0.05) is 60.2 Å². The smallest absolute Gasteiger partial charge is 0.264 e. The second kappa shape index (κ2) is 9.41. The van der Waals surface area contributed by atoms with E-state index in [1.165, 1.54) is 17.5 Å².